The van der Waals surface area contributed by atoms with Crippen molar-refractivity contribution in [1.29, 1.82) is 0 Å². The Morgan fingerprint density at radius 2 is 2.00 bits per heavy atom. The molecule has 18 heavy (non-hydrogen) atoms. The zero-order valence-corrected chi connectivity index (χ0v) is 10.4. The lowest BCUT2D eigenvalue weighted by atomic mass is 10.1. The first-order valence-electron chi connectivity index (χ1n) is 5.91. The minimum Gasteiger partial charge on any atom is -0.481 e. The largest absolute Gasteiger partial charge is 0.481 e. The number of carboxylic acids is 1. The zero-order chi connectivity index (χ0) is 13.3. The molecule has 0 radical (unpaired) electrons. The third-order valence-electron chi connectivity index (χ3n) is 3.54. The van der Waals surface area contributed by atoms with Crippen LogP contribution in [0.2, 0.25) is 0 Å². The lowest BCUT2D eigenvalue weighted by Crippen LogP contribution is -2.31. The third-order valence-corrected chi connectivity index (χ3v) is 3.54. The van der Waals surface area contributed by atoms with E-state index in [4.69, 9.17) is 5.11 Å². The van der Waals surface area contributed by atoms with Gasteiger partial charge in [-0.25, -0.2) is 0 Å². The second-order valence-electron chi connectivity index (χ2n) is 4.69. The second-order valence-corrected chi connectivity index (χ2v) is 4.69. The molecule has 1 aromatic rings. The normalized spacial score (nSPS) is 23.2. The Hall–Kier alpha value is -1.91. The molecule has 1 aliphatic rings. The van der Waals surface area contributed by atoms with Crippen LogP contribution in [0.1, 0.15) is 24.9 Å². The van der Waals surface area contributed by atoms with E-state index in [9.17, 15) is 9.59 Å². The van der Waals surface area contributed by atoms with Gasteiger partial charge in [-0.2, -0.15) is 0 Å². The van der Waals surface area contributed by atoms with Crippen molar-refractivity contribution >= 4 is 11.9 Å². The molecule has 5 heteroatoms. The fourth-order valence-corrected chi connectivity index (χ4v) is 2.06. The number of hydrogen-bond donors (Lipinski definition) is 1. The van der Waals surface area contributed by atoms with Crippen molar-refractivity contribution in [2.75, 3.05) is 7.05 Å². The molecule has 1 heterocycles. The van der Waals surface area contributed by atoms with Crippen LogP contribution in [0.5, 0.6) is 0 Å². The molecule has 0 spiro atoms. The summed E-state index contributed by atoms with van der Waals surface area (Å²) >= 11 is 0. The number of carbonyl (C=O) groups excluding carboxylic acids is 1. The maximum absolute atomic E-state index is 12.1. The Bertz CT molecular complexity index is 461. The van der Waals surface area contributed by atoms with Crippen LogP contribution in [-0.4, -0.2) is 33.9 Å². The van der Waals surface area contributed by atoms with Gasteiger partial charge in [-0.1, -0.05) is 0 Å². The summed E-state index contributed by atoms with van der Waals surface area (Å²) in [6.07, 6.45) is 3.82. The van der Waals surface area contributed by atoms with E-state index in [1.807, 2.05) is 19.1 Å². The van der Waals surface area contributed by atoms with Crippen molar-refractivity contribution in [2.45, 2.75) is 19.4 Å². The van der Waals surface area contributed by atoms with Crippen molar-refractivity contribution in [3.8, 4) is 0 Å². The first kappa shape index (κ1) is 12.5. The van der Waals surface area contributed by atoms with E-state index in [-0.39, 0.29) is 17.9 Å². The van der Waals surface area contributed by atoms with Gasteiger partial charge in [0.1, 0.15) is 0 Å². The molecule has 1 fully saturated rings. The van der Waals surface area contributed by atoms with Crippen LogP contribution in [0.4, 0.5) is 0 Å². The first-order chi connectivity index (χ1) is 8.52. The Balaban J connectivity index is 2.02. The predicted octanol–water partition coefficient (Wildman–Crippen LogP) is 1.32. The number of amides is 1. The summed E-state index contributed by atoms with van der Waals surface area (Å²) in [5, 5.41) is 8.83. The van der Waals surface area contributed by atoms with E-state index in [1.165, 1.54) is 0 Å². The van der Waals surface area contributed by atoms with Crippen LogP contribution < -0.4 is 0 Å². The summed E-state index contributed by atoms with van der Waals surface area (Å²) in [6, 6.07) is 3.64. The van der Waals surface area contributed by atoms with Gasteiger partial charge in [-0.3, -0.25) is 14.6 Å². The van der Waals surface area contributed by atoms with E-state index >= 15 is 0 Å². The Morgan fingerprint density at radius 1 is 1.39 bits per heavy atom. The van der Waals surface area contributed by atoms with Crippen LogP contribution in [0.15, 0.2) is 24.5 Å². The quantitative estimate of drug-likeness (QED) is 0.872. The van der Waals surface area contributed by atoms with Gasteiger partial charge in [0.15, 0.2) is 0 Å². The number of hydrogen-bond acceptors (Lipinski definition) is 3. The predicted molar refractivity (Wildman–Crippen MR) is 64.7 cm³/mol. The van der Waals surface area contributed by atoms with Gasteiger partial charge >= 0.3 is 5.97 Å². The molecule has 1 aliphatic carbocycles. The summed E-state index contributed by atoms with van der Waals surface area (Å²) in [5.41, 5.74) is 0.994. The molecule has 1 saturated carbocycles. The summed E-state index contributed by atoms with van der Waals surface area (Å²) in [6.45, 7) is 1.92. The average Bonchev–Trinajstić information content (AvgIpc) is 3.17. The van der Waals surface area contributed by atoms with Gasteiger partial charge in [0.2, 0.25) is 5.91 Å². The highest BCUT2D eigenvalue weighted by Gasteiger charge is 2.49. The van der Waals surface area contributed by atoms with Crippen LogP contribution >= 0.6 is 0 Å². The third kappa shape index (κ3) is 2.34. The van der Waals surface area contributed by atoms with Crippen LogP contribution in [0.3, 0.4) is 0 Å². The van der Waals surface area contributed by atoms with Gasteiger partial charge in [0, 0.05) is 19.4 Å². The van der Waals surface area contributed by atoms with Gasteiger partial charge in [-0.15, -0.1) is 0 Å². The number of nitrogens with zero attached hydrogens (tertiary/aromatic N) is 2. The molecule has 96 valence electrons. The fourth-order valence-electron chi connectivity index (χ4n) is 2.06. The minimum atomic E-state index is -0.877. The molecule has 5 nitrogen and oxygen atoms in total. The van der Waals surface area contributed by atoms with Gasteiger partial charge < -0.3 is 10.0 Å². The molecule has 1 N–H and O–H groups in total. The molecule has 3 unspecified atom stereocenters. The number of carbonyl (C=O) groups is 2. The molecule has 1 aromatic heterocycles. The summed E-state index contributed by atoms with van der Waals surface area (Å²) in [4.78, 5) is 28.4. The van der Waals surface area contributed by atoms with Crippen LogP contribution in [-0.2, 0) is 9.59 Å². The highest BCUT2D eigenvalue weighted by molar-refractivity contribution is 5.89. The smallest absolute Gasteiger partial charge is 0.307 e. The Kier molecular flexibility index (Phi) is 3.32. The number of pyridine rings is 1. The zero-order valence-electron chi connectivity index (χ0n) is 10.4. The maximum Gasteiger partial charge on any atom is 0.307 e. The number of aliphatic carboxylic acids is 1. The van der Waals surface area contributed by atoms with Gasteiger partial charge in [0.05, 0.1) is 17.9 Å². The van der Waals surface area contributed by atoms with Crippen molar-refractivity contribution in [1.82, 2.24) is 9.88 Å². The second kappa shape index (κ2) is 4.76. The first-order valence-corrected chi connectivity index (χ1v) is 5.91. The maximum atomic E-state index is 12.1. The average molecular weight is 248 g/mol. The molecular formula is C13H16N2O3. The van der Waals surface area contributed by atoms with E-state index in [1.54, 1.807) is 24.3 Å². The minimum absolute atomic E-state index is 0.0736. The topological polar surface area (TPSA) is 70.5 Å². The highest BCUT2D eigenvalue weighted by Crippen LogP contribution is 2.41. The molecule has 0 aliphatic heterocycles. The van der Waals surface area contributed by atoms with Crippen molar-refractivity contribution in [2.24, 2.45) is 11.8 Å². The highest BCUT2D eigenvalue weighted by atomic mass is 16.4. The molecule has 0 saturated heterocycles. The molecule has 0 bridgehead atoms. The van der Waals surface area contributed by atoms with E-state index in [0.717, 1.165) is 5.56 Å². The lowest BCUT2D eigenvalue weighted by Gasteiger charge is -2.25. The number of rotatable bonds is 4. The Morgan fingerprint density at radius 3 is 2.50 bits per heavy atom. The molecule has 3 atom stereocenters. The molecular weight excluding hydrogens is 232 g/mol. The standard InChI is InChI=1S/C13H16N2O3/c1-8(9-3-5-14-6-4-9)15(2)12(16)10-7-11(10)13(17)18/h3-6,8,10-11H,7H2,1-2H3,(H,17,18). The van der Waals surface area contributed by atoms with Crippen LogP contribution in [0, 0.1) is 11.8 Å². The van der Waals surface area contributed by atoms with Crippen molar-refractivity contribution in [3.63, 3.8) is 0 Å². The summed E-state index contributed by atoms with van der Waals surface area (Å²) < 4.78 is 0. The van der Waals surface area contributed by atoms with E-state index in [0.29, 0.717) is 6.42 Å². The number of carboxylic acid groups (broad SMARTS) is 1. The molecule has 2 rings (SSSR count). The summed E-state index contributed by atoms with van der Waals surface area (Å²) in [7, 11) is 1.71. The monoisotopic (exact) mass is 248 g/mol. The van der Waals surface area contributed by atoms with Gasteiger partial charge in [-0.05, 0) is 31.0 Å². The van der Waals surface area contributed by atoms with E-state index in [2.05, 4.69) is 4.98 Å². The van der Waals surface area contributed by atoms with Crippen LogP contribution in [0.25, 0.3) is 0 Å². The van der Waals surface area contributed by atoms with E-state index < -0.39 is 11.9 Å². The Labute approximate surface area is 105 Å². The molecule has 1 amide bonds. The summed E-state index contributed by atoms with van der Waals surface area (Å²) in [5.74, 6) is -1.81. The lowest BCUT2D eigenvalue weighted by molar-refractivity contribution is -0.142. The fraction of sp³-hybridized carbons (Fsp3) is 0.462. The SMILES string of the molecule is CC(c1ccncc1)N(C)C(=O)C1CC1C(=O)O. The van der Waals surface area contributed by atoms with Crippen molar-refractivity contribution in [3.05, 3.63) is 30.1 Å². The number of aromatic nitrogens is 1. The van der Waals surface area contributed by atoms with Crippen molar-refractivity contribution < 1.29 is 14.7 Å². The van der Waals surface area contributed by atoms with Gasteiger partial charge in [0.25, 0.3) is 0 Å². The molecule has 0 aromatic carbocycles.